The Morgan fingerprint density at radius 1 is 1.19 bits per heavy atom. The van der Waals surface area contributed by atoms with Crippen LogP contribution in [0.4, 0.5) is 5.13 Å². The van der Waals surface area contributed by atoms with Crippen LogP contribution in [0.2, 0.25) is 0 Å². The average Bonchev–Trinajstić information content (AvgIpc) is 3.39. The van der Waals surface area contributed by atoms with Gasteiger partial charge in [-0.25, -0.2) is 22.4 Å². The summed E-state index contributed by atoms with van der Waals surface area (Å²) in [5, 5.41) is 23.1. The maximum absolute atomic E-state index is 12.8. The highest BCUT2D eigenvalue weighted by atomic mass is 32.2. The number of thiazole rings is 1. The molecule has 0 bridgehead atoms. The molecular weight excluding hydrogens is 632 g/mol. The second kappa shape index (κ2) is 11.9. The lowest BCUT2D eigenvalue weighted by atomic mass is 9.98. The molecule has 1 fully saturated rings. The fraction of sp³-hybridized carbons (Fsp3) is 0.182. The Labute approximate surface area is 246 Å². The molecule has 9 N–H and O–H groups in total. The standard InChI is InChI=1S/C22H22N8O10S3/c23-17(13-9-41-22(24)28-13)20(34)29-18-14(30(21(18)35)43(38,39)40)7-26-19(33)10-2-1-3-12(4-10)42(36,37)27-6-11-5-15(31)16(32)8-25-11/h1-5,8-9,14,18,23,27,32H,6-7H2,(H2,24,28)(H,25,31)(H,26,33)(H,29,34)(H,38,39,40)/t14-,18+/m1/s1. The minimum Gasteiger partial charge on any atom is -0.503 e. The summed E-state index contributed by atoms with van der Waals surface area (Å²) in [5.74, 6) is -3.78. The number of hydrogen-bond donors (Lipinski definition) is 8. The van der Waals surface area contributed by atoms with E-state index in [1.165, 1.54) is 23.6 Å². The SMILES string of the molecule is N=C(C(=O)N[C@@H]1C(=O)N(S(=O)(=O)O)[C@@H]1CNC(=O)c1cccc(S(=O)(=O)NCc2cc(=O)c(O)c[nH]2)c1)c1csc(N)n1. The van der Waals surface area contributed by atoms with E-state index >= 15 is 0 Å². The number of hydrogen-bond acceptors (Lipinski definition) is 13. The van der Waals surface area contributed by atoms with E-state index in [1.54, 1.807) is 0 Å². The molecule has 1 saturated heterocycles. The van der Waals surface area contributed by atoms with E-state index in [0.717, 1.165) is 29.7 Å². The van der Waals surface area contributed by atoms with Gasteiger partial charge in [0, 0.05) is 35.4 Å². The number of H-pyrrole nitrogens is 1. The Morgan fingerprint density at radius 2 is 1.91 bits per heavy atom. The van der Waals surface area contributed by atoms with Gasteiger partial charge < -0.3 is 26.5 Å². The van der Waals surface area contributed by atoms with Crippen molar-refractivity contribution in [1.29, 1.82) is 5.41 Å². The molecule has 3 heterocycles. The first-order valence-electron chi connectivity index (χ1n) is 11.8. The van der Waals surface area contributed by atoms with Crippen LogP contribution in [0.3, 0.4) is 0 Å². The lowest BCUT2D eigenvalue weighted by molar-refractivity contribution is -0.144. The molecule has 2 atom stereocenters. The average molecular weight is 655 g/mol. The van der Waals surface area contributed by atoms with Crippen LogP contribution in [0.25, 0.3) is 0 Å². The van der Waals surface area contributed by atoms with Gasteiger partial charge in [0.1, 0.15) is 17.4 Å². The van der Waals surface area contributed by atoms with Crippen molar-refractivity contribution < 1.29 is 40.9 Å². The molecule has 3 amide bonds. The van der Waals surface area contributed by atoms with Gasteiger partial charge in [0.15, 0.2) is 10.9 Å². The molecule has 21 heteroatoms. The van der Waals surface area contributed by atoms with Gasteiger partial charge in [-0.2, -0.15) is 8.42 Å². The van der Waals surface area contributed by atoms with Gasteiger partial charge in [-0.3, -0.25) is 29.1 Å². The van der Waals surface area contributed by atoms with Gasteiger partial charge in [0.25, 0.3) is 17.7 Å². The van der Waals surface area contributed by atoms with E-state index in [4.69, 9.17) is 11.1 Å². The van der Waals surface area contributed by atoms with E-state index < -0.39 is 73.6 Å². The summed E-state index contributed by atoms with van der Waals surface area (Å²) >= 11 is 0.956. The van der Waals surface area contributed by atoms with E-state index in [9.17, 15) is 45.7 Å². The lowest BCUT2D eigenvalue weighted by Gasteiger charge is -2.44. The van der Waals surface area contributed by atoms with E-state index in [-0.39, 0.29) is 37.8 Å². The first-order valence-corrected chi connectivity index (χ1v) is 15.5. The van der Waals surface area contributed by atoms with Crippen LogP contribution in [0.1, 0.15) is 21.7 Å². The number of aromatic amines is 1. The van der Waals surface area contributed by atoms with Gasteiger partial charge in [-0.1, -0.05) is 6.07 Å². The summed E-state index contributed by atoms with van der Waals surface area (Å²) in [6, 6.07) is 2.62. The van der Waals surface area contributed by atoms with Crippen molar-refractivity contribution in [3.8, 4) is 5.75 Å². The normalized spacial score (nSPS) is 16.8. The quantitative estimate of drug-likeness (QED) is 0.0626. The minimum absolute atomic E-state index is 0.0428. The van der Waals surface area contributed by atoms with Crippen molar-refractivity contribution in [1.82, 2.24) is 29.6 Å². The van der Waals surface area contributed by atoms with Crippen LogP contribution in [0, 0.1) is 5.41 Å². The van der Waals surface area contributed by atoms with Gasteiger partial charge in [0.05, 0.1) is 17.5 Å². The number of pyridine rings is 1. The summed E-state index contributed by atoms with van der Waals surface area (Å²) in [4.78, 5) is 55.3. The van der Waals surface area contributed by atoms with Crippen LogP contribution in [-0.2, 0) is 36.5 Å². The second-order valence-electron chi connectivity index (χ2n) is 8.85. The summed E-state index contributed by atoms with van der Waals surface area (Å²) < 4.78 is 60.8. The maximum atomic E-state index is 12.8. The number of carbonyl (C=O) groups excluding carboxylic acids is 3. The Hall–Kier alpha value is -4.70. The number of rotatable bonds is 11. The number of β-lactam (4-membered cyclic amide) rings is 1. The molecule has 0 unspecified atom stereocenters. The third-order valence-corrected chi connectivity index (χ3v) is 9.01. The van der Waals surface area contributed by atoms with E-state index in [2.05, 4.69) is 25.3 Å². The molecule has 228 valence electrons. The van der Waals surface area contributed by atoms with Crippen molar-refractivity contribution in [2.24, 2.45) is 0 Å². The smallest absolute Gasteiger partial charge is 0.362 e. The Morgan fingerprint density at radius 3 is 2.53 bits per heavy atom. The summed E-state index contributed by atoms with van der Waals surface area (Å²) in [6.45, 7) is -0.967. The molecule has 0 radical (unpaired) electrons. The monoisotopic (exact) mass is 654 g/mol. The van der Waals surface area contributed by atoms with E-state index in [0.29, 0.717) is 0 Å². The number of nitrogens with zero attached hydrogens (tertiary/aromatic N) is 2. The van der Waals surface area contributed by atoms with Gasteiger partial charge in [0.2, 0.25) is 15.5 Å². The van der Waals surface area contributed by atoms with Crippen molar-refractivity contribution in [3.05, 3.63) is 69.1 Å². The zero-order valence-corrected chi connectivity index (χ0v) is 23.9. The van der Waals surface area contributed by atoms with Gasteiger partial charge in [-0.15, -0.1) is 11.3 Å². The number of aromatic nitrogens is 2. The summed E-state index contributed by atoms with van der Waals surface area (Å²) in [6.07, 6.45) is 0.993. The largest absolute Gasteiger partial charge is 0.503 e. The number of anilines is 1. The summed E-state index contributed by atoms with van der Waals surface area (Å²) in [7, 11) is -9.31. The number of benzene rings is 1. The Kier molecular flexibility index (Phi) is 8.64. The van der Waals surface area contributed by atoms with Crippen LogP contribution in [0.15, 0.2) is 51.6 Å². The van der Waals surface area contributed by atoms with Crippen molar-refractivity contribution in [2.45, 2.75) is 23.5 Å². The maximum Gasteiger partial charge on any atom is 0.362 e. The number of nitrogen functional groups attached to an aromatic ring is 1. The number of sulfonamides is 1. The van der Waals surface area contributed by atoms with Gasteiger partial charge >= 0.3 is 10.3 Å². The predicted molar refractivity (Wildman–Crippen MR) is 149 cm³/mol. The topological polar surface area (TPSA) is 295 Å². The van der Waals surface area contributed by atoms with Crippen LogP contribution in [-0.4, -0.2) is 82.8 Å². The van der Waals surface area contributed by atoms with E-state index in [1.807, 2.05) is 0 Å². The number of carbonyl (C=O) groups is 3. The van der Waals surface area contributed by atoms with Crippen LogP contribution >= 0.6 is 11.3 Å². The highest BCUT2D eigenvalue weighted by molar-refractivity contribution is 7.89. The molecule has 18 nitrogen and oxygen atoms in total. The molecular formula is C22H22N8O10S3. The molecule has 1 aliphatic rings. The zero-order valence-electron chi connectivity index (χ0n) is 21.5. The summed E-state index contributed by atoms with van der Waals surface area (Å²) in [5.41, 5.74) is 3.96. The Balaban J connectivity index is 1.44. The molecule has 0 spiro atoms. The second-order valence-corrected chi connectivity index (χ2v) is 12.8. The van der Waals surface area contributed by atoms with Crippen LogP contribution in [0.5, 0.6) is 5.75 Å². The van der Waals surface area contributed by atoms with Gasteiger partial charge in [-0.05, 0) is 18.2 Å². The highest BCUT2D eigenvalue weighted by Crippen LogP contribution is 2.24. The predicted octanol–water partition coefficient (Wildman–Crippen LogP) is -2.11. The molecule has 43 heavy (non-hydrogen) atoms. The molecule has 0 aliphatic carbocycles. The molecule has 0 saturated carbocycles. The fourth-order valence-electron chi connectivity index (χ4n) is 3.86. The first-order chi connectivity index (χ1) is 20.1. The molecule has 3 aromatic rings. The number of aromatic hydroxyl groups is 1. The lowest BCUT2D eigenvalue weighted by Crippen LogP contribution is -2.74. The van der Waals surface area contributed by atoms with Crippen molar-refractivity contribution >= 4 is 60.2 Å². The fourth-order valence-corrected chi connectivity index (χ4v) is 6.35. The zero-order chi connectivity index (χ0) is 31.7. The highest BCUT2D eigenvalue weighted by Gasteiger charge is 2.54. The number of nitrogens with one attached hydrogen (secondary N) is 5. The van der Waals surface area contributed by atoms with Crippen LogP contribution < -0.4 is 26.5 Å². The van der Waals surface area contributed by atoms with Crippen molar-refractivity contribution in [2.75, 3.05) is 12.3 Å². The Bertz CT molecular complexity index is 1910. The molecule has 2 aromatic heterocycles. The molecule has 1 aliphatic heterocycles. The molecule has 1 aromatic carbocycles. The van der Waals surface area contributed by atoms with Crippen molar-refractivity contribution in [3.63, 3.8) is 0 Å². The first kappa shape index (κ1) is 31.2. The third-order valence-electron chi connectivity index (χ3n) is 5.99. The number of amides is 3. The third kappa shape index (κ3) is 6.86. The molecule has 4 rings (SSSR count). The number of nitrogens with two attached hydrogens (primary N) is 1. The minimum atomic E-state index is -5.10.